The van der Waals surface area contributed by atoms with Gasteiger partial charge in [-0.05, 0) is 38.0 Å². The Balaban J connectivity index is 1.45. The summed E-state index contributed by atoms with van der Waals surface area (Å²) in [5.74, 6) is -1.63. The van der Waals surface area contributed by atoms with E-state index in [0.29, 0.717) is 31.5 Å². The van der Waals surface area contributed by atoms with E-state index in [0.717, 1.165) is 6.07 Å². The first-order valence-electron chi connectivity index (χ1n) is 10.9. The van der Waals surface area contributed by atoms with E-state index in [1.807, 2.05) is 0 Å². The normalized spacial score (nSPS) is 14.0. The fourth-order valence-electron chi connectivity index (χ4n) is 4.10. The summed E-state index contributed by atoms with van der Waals surface area (Å²) in [6, 6.07) is 7.16. The number of piperidine rings is 1. The number of hydrogen-bond donors (Lipinski definition) is 2. The van der Waals surface area contributed by atoms with Crippen molar-refractivity contribution >= 4 is 34.2 Å². The van der Waals surface area contributed by atoms with Gasteiger partial charge in [-0.15, -0.1) is 0 Å². The topological polar surface area (TPSA) is 186 Å². The lowest BCUT2D eigenvalue weighted by Crippen LogP contribution is -2.47. The average Bonchev–Trinajstić information content (AvgIpc) is 2.86. The van der Waals surface area contributed by atoms with Crippen LogP contribution in [0.15, 0.2) is 45.6 Å². The molecule has 0 aliphatic carbocycles. The number of rotatable bonds is 5. The number of non-ortho nitro benzene ring substituents is 1. The number of fused-ring (bicyclic) bond motifs is 1. The Bertz CT molecular complexity index is 1460. The maximum absolute atomic E-state index is 12.8. The second-order valence-corrected chi connectivity index (χ2v) is 8.34. The van der Waals surface area contributed by atoms with E-state index in [-0.39, 0.29) is 39.7 Å². The van der Waals surface area contributed by atoms with Gasteiger partial charge >= 0.3 is 11.3 Å². The number of phenols is 1. The number of aromatic hydroxyl groups is 1. The molecule has 0 unspecified atom stereocenters. The molecule has 2 aromatic carbocycles. The Hall–Kier alpha value is -4.81. The molecule has 2 amide bonds. The fraction of sp³-hybridized carbons (Fsp3) is 0.261. The van der Waals surface area contributed by atoms with E-state index < -0.39 is 32.8 Å². The van der Waals surface area contributed by atoms with Gasteiger partial charge in [0, 0.05) is 53.8 Å². The number of nitrogens with zero attached hydrogens (tertiary/aromatic N) is 3. The van der Waals surface area contributed by atoms with E-state index in [4.69, 9.17) is 4.42 Å². The number of hydrogen-bond acceptors (Lipinski definition) is 9. The first kappa shape index (κ1) is 24.3. The summed E-state index contributed by atoms with van der Waals surface area (Å²) in [6.07, 6.45) is 0.809. The number of amides is 2. The zero-order chi connectivity index (χ0) is 26.1. The van der Waals surface area contributed by atoms with Crippen LogP contribution in [0.3, 0.4) is 0 Å². The summed E-state index contributed by atoms with van der Waals surface area (Å²) in [5.41, 5.74) is -1.73. The van der Waals surface area contributed by atoms with Gasteiger partial charge in [-0.25, -0.2) is 4.79 Å². The minimum atomic E-state index is -0.956. The highest BCUT2D eigenvalue weighted by atomic mass is 16.6. The number of carbonyl (C=O) groups excluding carboxylic acids is 2. The van der Waals surface area contributed by atoms with Crippen molar-refractivity contribution in [3.63, 3.8) is 0 Å². The molecular formula is C23H20N4O9. The summed E-state index contributed by atoms with van der Waals surface area (Å²) in [7, 11) is 0. The predicted octanol–water partition coefficient (Wildman–Crippen LogP) is 2.66. The molecule has 2 heterocycles. The third-order valence-electron chi connectivity index (χ3n) is 6.09. The monoisotopic (exact) mass is 496 g/mol. The van der Waals surface area contributed by atoms with Gasteiger partial charge in [-0.2, -0.15) is 0 Å². The van der Waals surface area contributed by atoms with Crippen molar-refractivity contribution in [2.75, 3.05) is 13.1 Å². The standard InChI is InChI=1S/C23H20N4O9/c1-12-19(28)18(27(34)35)11-14-10-17(23(31)36-20(12)14)21(29)24-15-6-8-25(9-7-15)22(30)13-2-4-16(5-3-13)26(32)33/h2-5,10-11,15,28H,6-9H2,1H3,(H,24,29). The third-order valence-corrected chi connectivity index (χ3v) is 6.09. The molecule has 0 spiro atoms. The highest BCUT2D eigenvalue weighted by Crippen LogP contribution is 2.35. The molecule has 0 atom stereocenters. The number of nitro groups is 2. The molecule has 0 saturated carbocycles. The van der Waals surface area contributed by atoms with Crippen LogP contribution in [0.5, 0.6) is 5.75 Å². The van der Waals surface area contributed by atoms with Gasteiger partial charge in [-0.3, -0.25) is 29.8 Å². The van der Waals surface area contributed by atoms with E-state index in [1.54, 1.807) is 4.90 Å². The highest BCUT2D eigenvalue weighted by Gasteiger charge is 2.27. The fourth-order valence-corrected chi connectivity index (χ4v) is 4.10. The molecule has 186 valence electrons. The summed E-state index contributed by atoms with van der Waals surface area (Å²) in [4.78, 5) is 60.1. The summed E-state index contributed by atoms with van der Waals surface area (Å²) in [5, 5.41) is 34.8. The van der Waals surface area contributed by atoms with Gasteiger partial charge in [0.05, 0.1) is 9.85 Å². The van der Waals surface area contributed by atoms with Crippen molar-refractivity contribution in [1.82, 2.24) is 10.2 Å². The SMILES string of the molecule is Cc1c(O)c([N+](=O)[O-])cc2cc(C(=O)NC3CCN(C(=O)c4ccc([N+](=O)[O-])cc4)CC3)c(=O)oc12. The Labute approximate surface area is 202 Å². The summed E-state index contributed by atoms with van der Waals surface area (Å²) >= 11 is 0. The van der Waals surface area contributed by atoms with Gasteiger partial charge in [0.1, 0.15) is 11.1 Å². The van der Waals surface area contributed by atoms with Crippen molar-refractivity contribution < 1.29 is 29.0 Å². The van der Waals surface area contributed by atoms with Gasteiger partial charge < -0.3 is 19.7 Å². The first-order chi connectivity index (χ1) is 17.1. The number of benzene rings is 2. The maximum Gasteiger partial charge on any atom is 0.349 e. The van der Waals surface area contributed by atoms with Crippen LogP contribution >= 0.6 is 0 Å². The van der Waals surface area contributed by atoms with Crippen LogP contribution in [0.25, 0.3) is 11.0 Å². The third kappa shape index (κ3) is 4.58. The Kier molecular flexibility index (Phi) is 6.38. The molecule has 36 heavy (non-hydrogen) atoms. The Morgan fingerprint density at radius 3 is 2.31 bits per heavy atom. The number of nitro benzene ring substituents is 2. The van der Waals surface area contributed by atoms with Gasteiger partial charge in [0.15, 0.2) is 0 Å². The van der Waals surface area contributed by atoms with Crippen LogP contribution in [0.4, 0.5) is 11.4 Å². The number of likely N-dealkylation sites (tertiary alicyclic amines) is 1. The molecule has 1 aromatic heterocycles. The minimum absolute atomic E-state index is 0.00770. The second-order valence-electron chi connectivity index (χ2n) is 8.34. The molecule has 0 radical (unpaired) electrons. The average molecular weight is 496 g/mol. The van der Waals surface area contributed by atoms with E-state index in [2.05, 4.69) is 5.32 Å². The molecular weight excluding hydrogens is 476 g/mol. The van der Waals surface area contributed by atoms with Crippen molar-refractivity contribution in [3.8, 4) is 5.75 Å². The molecule has 1 aliphatic heterocycles. The van der Waals surface area contributed by atoms with Crippen LogP contribution in [-0.2, 0) is 0 Å². The predicted molar refractivity (Wildman–Crippen MR) is 125 cm³/mol. The van der Waals surface area contributed by atoms with Gasteiger partial charge in [0.2, 0.25) is 5.75 Å². The van der Waals surface area contributed by atoms with E-state index >= 15 is 0 Å². The zero-order valence-electron chi connectivity index (χ0n) is 18.9. The van der Waals surface area contributed by atoms with Crippen molar-refractivity contribution in [1.29, 1.82) is 0 Å². The molecule has 0 bridgehead atoms. The maximum atomic E-state index is 12.8. The smallest absolute Gasteiger partial charge is 0.349 e. The van der Waals surface area contributed by atoms with E-state index in [9.17, 15) is 39.7 Å². The van der Waals surface area contributed by atoms with Crippen molar-refractivity contribution in [2.45, 2.75) is 25.8 Å². The molecule has 13 heteroatoms. The molecule has 1 aliphatic rings. The number of nitrogens with one attached hydrogen (secondary N) is 1. The van der Waals surface area contributed by atoms with Crippen molar-refractivity contribution in [3.05, 3.63) is 83.7 Å². The molecule has 4 rings (SSSR count). The molecule has 1 saturated heterocycles. The van der Waals surface area contributed by atoms with Gasteiger partial charge in [-0.1, -0.05) is 0 Å². The Morgan fingerprint density at radius 2 is 1.72 bits per heavy atom. The van der Waals surface area contributed by atoms with Crippen LogP contribution in [-0.4, -0.2) is 50.8 Å². The van der Waals surface area contributed by atoms with Gasteiger partial charge in [0.25, 0.3) is 17.5 Å². The quantitative estimate of drug-likeness (QED) is 0.304. The van der Waals surface area contributed by atoms with Crippen LogP contribution < -0.4 is 10.9 Å². The number of aryl methyl sites for hydroxylation is 1. The lowest BCUT2D eigenvalue weighted by Gasteiger charge is -2.32. The molecule has 2 N–H and O–H groups in total. The largest absolute Gasteiger partial charge is 0.502 e. The number of phenolic OH excluding ortho intramolecular Hbond substituents is 1. The van der Waals surface area contributed by atoms with E-state index in [1.165, 1.54) is 37.3 Å². The first-order valence-corrected chi connectivity index (χ1v) is 10.9. The molecule has 1 fully saturated rings. The summed E-state index contributed by atoms with van der Waals surface area (Å²) < 4.78 is 5.18. The lowest BCUT2D eigenvalue weighted by molar-refractivity contribution is -0.385. The number of carbonyl (C=O) groups is 2. The summed E-state index contributed by atoms with van der Waals surface area (Å²) in [6.45, 7) is 1.99. The van der Waals surface area contributed by atoms with Crippen molar-refractivity contribution in [2.24, 2.45) is 0 Å². The van der Waals surface area contributed by atoms with Crippen LogP contribution in [0, 0.1) is 27.2 Å². The lowest BCUT2D eigenvalue weighted by atomic mass is 10.0. The minimum Gasteiger partial charge on any atom is -0.502 e. The zero-order valence-corrected chi connectivity index (χ0v) is 18.9. The second kappa shape index (κ2) is 9.44. The highest BCUT2D eigenvalue weighted by molar-refractivity contribution is 5.98. The molecule has 13 nitrogen and oxygen atoms in total. The Morgan fingerprint density at radius 1 is 1.08 bits per heavy atom. The molecule has 3 aromatic rings. The van der Waals surface area contributed by atoms with Crippen LogP contribution in [0.1, 0.15) is 39.1 Å². The van der Waals surface area contributed by atoms with Crippen LogP contribution in [0.2, 0.25) is 0 Å².